The number of methoxy groups -OCH3 is 1. The van der Waals surface area contributed by atoms with Crippen LogP contribution in [0.4, 0.5) is 5.69 Å². The zero-order valence-electron chi connectivity index (χ0n) is 14.3. The van der Waals surface area contributed by atoms with Crippen molar-refractivity contribution < 1.29 is 9.53 Å². The van der Waals surface area contributed by atoms with Gasteiger partial charge in [0.1, 0.15) is 5.75 Å². The molecule has 7 nitrogen and oxygen atoms in total. The van der Waals surface area contributed by atoms with Crippen molar-refractivity contribution in [3.63, 3.8) is 0 Å². The van der Waals surface area contributed by atoms with Crippen molar-refractivity contribution in [2.24, 2.45) is 0 Å². The summed E-state index contributed by atoms with van der Waals surface area (Å²) in [7, 11) is 1.60. The molecule has 1 heterocycles. The molecule has 0 unspecified atom stereocenters. The van der Waals surface area contributed by atoms with Crippen LogP contribution in [0, 0.1) is 0 Å². The Balaban J connectivity index is 1.83. The van der Waals surface area contributed by atoms with Crippen molar-refractivity contribution >= 4 is 11.6 Å². The fourth-order valence-electron chi connectivity index (χ4n) is 2.41. The number of hydrogen-bond acceptors (Lipinski definition) is 5. The molecule has 0 saturated heterocycles. The van der Waals surface area contributed by atoms with Crippen molar-refractivity contribution in [1.82, 2.24) is 20.2 Å². The third-order valence-electron chi connectivity index (χ3n) is 3.71. The Morgan fingerprint density at radius 3 is 2.60 bits per heavy atom. The number of benzene rings is 2. The van der Waals surface area contributed by atoms with Gasteiger partial charge >= 0.3 is 0 Å². The third-order valence-corrected chi connectivity index (χ3v) is 3.71. The van der Waals surface area contributed by atoms with Crippen molar-refractivity contribution in [1.29, 1.82) is 0 Å². The number of amides is 1. The van der Waals surface area contributed by atoms with E-state index in [1.807, 2.05) is 26.0 Å². The van der Waals surface area contributed by atoms with Gasteiger partial charge in [0.25, 0.3) is 5.91 Å². The summed E-state index contributed by atoms with van der Waals surface area (Å²) in [6.07, 6.45) is 0. The summed E-state index contributed by atoms with van der Waals surface area (Å²) < 4.78 is 6.84. The molecule has 0 aliphatic carbocycles. The molecule has 0 atom stereocenters. The molecular weight excluding hydrogens is 318 g/mol. The first kappa shape index (κ1) is 16.6. The SMILES string of the molecule is COc1ccc(NC(=O)c2cccc(-c3nnnn3C(C)C)c2)cc1. The lowest BCUT2D eigenvalue weighted by Crippen LogP contribution is -2.12. The summed E-state index contributed by atoms with van der Waals surface area (Å²) >= 11 is 0. The van der Waals surface area contributed by atoms with Crippen LogP contribution in [-0.4, -0.2) is 33.2 Å². The summed E-state index contributed by atoms with van der Waals surface area (Å²) in [5.41, 5.74) is 2.02. The van der Waals surface area contributed by atoms with E-state index in [-0.39, 0.29) is 11.9 Å². The predicted octanol–water partition coefficient (Wildman–Crippen LogP) is 3.18. The number of rotatable bonds is 5. The highest BCUT2D eigenvalue weighted by Crippen LogP contribution is 2.21. The third kappa shape index (κ3) is 3.65. The number of carbonyl (C=O) groups excluding carboxylic acids is 1. The fraction of sp³-hybridized carbons (Fsp3) is 0.222. The minimum absolute atomic E-state index is 0.127. The summed E-state index contributed by atoms with van der Waals surface area (Å²) in [5, 5.41) is 14.7. The second-order valence-electron chi connectivity index (χ2n) is 5.80. The van der Waals surface area contributed by atoms with E-state index in [9.17, 15) is 4.79 Å². The average molecular weight is 337 g/mol. The minimum atomic E-state index is -0.199. The highest BCUT2D eigenvalue weighted by Gasteiger charge is 2.14. The monoisotopic (exact) mass is 337 g/mol. The summed E-state index contributed by atoms with van der Waals surface area (Å²) in [6.45, 7) is 4.00. The van der Waals surface area contributed by atoms with Gasteiger partial charge in [-0.1, -0.05) is 12.1 Å². The van der Waals surface area contributed by atoms with Crippen LogP contribution in [0.3, 0.4) is 0 Å². The molecule has 0 aliphatic rings. The second kappa shape index (κ2) is 7.12. The number of anilines is 1. The minimum Gasteiger partial charge on any atom is -0.497 e. The van der Waals surface area contributed by atoms with Gasteiger partial charge in [-0.25, -0.2) is 4.68 Å². The van der Waals surface area contributed by atoms with Crippen molar-refractivity contribution in [3.05, 3.63) is 54.1 Å². The van der Waals surface area contributed by atoms with E-state index < -0.39 is 0 Å². The largest absolute Gasteiger partial charge is 0.497 e. The van der Waals surface area contributed by atoms with Gasteiger partial charge in [0.2, 0.25) is 0 Å². The quantitative estimate of drug-likeness (QED) is 0.773. The lowest BCUT2D eigenvalue weighted by atomic mass is 10.1. The van der Waals surface area contributed by atoms with E-state index in [1.54, 1.807) is 48.2 Å². The average Bonchev–Trinajstić information content (AvgIpc) is 3.12. The van der Waals surface area contributed by atoms with Crippen LogP contribution in [-0.2, 0) is 0 Å². The van der Waals surface area contributed by atoms with Gasteiger partial charge in [-0.15, -0.1) is 5.10 Å². The van der Waals surface area contributed by atoms with Crippen LogP contribution in [0.5, 0.6) is 5.75 Å². The molecule has 7 heteroatoms. The summed E-state index contributed by atoms with van der Waals surface area (Å²) in [6, 6.07) is 14.5. The predicted molar refractivity (Wildman–Crippen MR) is 94.6 cm³/mol. The number of tetrazole rings is 1. The Hall–Kier alpha value is -3.22. The maximum atomic E-state index is 12.5. The van der Waals surface area contributed by atoms with Crippen LogP contribution in [0.1, 0.15) is 30.2 Å². The Labute approximate surface area is 145 Å². The Morgan fingerprint density at radius 1 is 1.16 bits per heavy atom. The van der Waals surface area contributed by atoms with E-state index in [2.05, 4.69) is 20.8 Å². The topological polar surface area (TPSA) is 81.9 Å². The van der Waals surface area contributed by atoms with Gasteiger partial charge in [-0.05, 0) is 60.7 Å². The van der Waals surface area contributed by atoms with Gasteiger partial charge in [-0.2, -0.15) is 0 Å². The molecule has 128 valence electrons. The smallest absolute Gasteiger partial charge is 0.255 e. The second-order valence-corrected chi connectivity index (χ2v) is 5.80. The maximum Gasteiger partial charge on any atom is 0.255 e. The van der Waals surface area contributed by atoms with Crippen molar-refractivity contribution in [2.45, 2.75) is 19.9 Å². The molecule has 2 aromatic carbocycles. The van der Waals surface area contributed by atoms with Crippen LogP contribution < -0.4 is 10.1 Å². The molecule has 0 bridgehead atoms. The lowest BCUT2D eigenvalue weighted by molar-refractivity contribution is 0.102. The van der Waals surface area contributed by atoms with Gasteiger partial charge in [-0.3, -0.25) is 4.79 Å². The highest BCUT2D eigenvalue weighted by atomic mass is 16.5. The number of nitrogens with one attached hydrogen (secondary N) is 1. The first-order valence-corrected chi connectivity index (χ1v) is 7.92. The number of nitrogens with zero attached hydrogens (tertiary/aromatic N) is 4. The molecule has 0 saturated carbocycles. The Kier molecular flexibility index (Phi) is 4.74. The van der Waals surface area contributed by atoms with Crippen molar-refractivity contribution in [3.8, 4) is 17.1 Å². The van der Waals surface area contributed by atoms with E-state index in [4.69, 9.17) is 4.74 Å². The molecule has 0 fully saturated rings. The highest BCUT2D eigenvalue weighted by molar-refractivity contribution is 6.04. The molecule has 3 aromatic rings. The summed E-state index contributed by atoms with van der Waals surface area (Å²) in [4.78, 5) is 12.5. The van der Waals surface area contributed by atoms with Gasteiger partial charge in [0.15, 0.2) is 5.82 Å². The number of ether oxygens (including phenoxy) is 1. The number of carbonyl (C=O) groups is 1. The molecule has 0 radical (unpaired) electrons. The van der Waals surface area contributed by atoms with E-state index >= 15 is 0 Å². The number of hydrogen-bond donors (Lipinski definition) is 1. The normalized spacial score (nSPS) is 10.7. The fourth-order valence-corrected chi connectivity index (χ4v) is 2.41. The number of aromatic nitrogens is 4. The van der Waals surface area contributed by atoms with Crippen molar-refractivity contribution in [2.75, 3.05) is 12.4 Å². The molecule has 1 aromatic heterocycles. The van der Waals surface area contributed by atoms with Gasteiger partial charge in [0, 0.05) is 16.8 Å². The molecule has 1 N–H and O–H groups in total. The molecule has 0 spiro atoms. The Bertz CT molecular complexity index is 871. The zero-order chi connectivity index (χ0) is 17.8. The first-order chi connectivity index (χ1) is 12.1. The van der Waals surface area contributed by atoms with Gasteiger partial charge < -0.3 is 10.1 Å². The molecule has 3 rings (SSSR count). The molecule has 25 heavy (non-hydrogen) atoms. The van der Waals surface area contributed by atoms with Crippen LogP contribution in [0.25, 0.3) is 11.4 Å². The zero-order valence-corrected chi connectivity index (χ0v) is 14.3. The van der Waals surface area contributed by atoms with Gasteiger partial charge in [0.05, 0.1) is 13.2 Å². The standard InChI is InChI=1S/C18H19N5O2/c1-12(2)23-17(20-21-22-23)13-5-4-6-14(11-13)18(24)19-15-7-9-16(25-3)10-8-15/h4-12H,1-3H3,(H,19,24). The molecular formula is C18H19N5O2. The van der Waals surface area contributed by atoms with E-state index in [0.29, 0.717) is 17.1 Å². The Morgan fingerprint density at radius 2 is 1.92 bits per heavy atom. The summed E-state index contributed by atoms with van der Waals surface area (Å²) in [5.74, 6) is 1.17. The van der Waals surface area contributed by atoms with E-state index in [1.165, 1.54) is 0 Å². The maximum absolute atomic E-state index is 12.5. The van der Waals surface area contributed by atoms with Crippen LogP contribution in [0.2, 0.25) is 0 Å². The van der Waals surface area contributed by atoms with Crippen LogP contribution >= 0.6 is 0 Å². The van der Waals surface area contributed by atoms with E-state index in [0.717, 1.165) is 11.3 Å². The van der Waals surface area contributed by atoms with Crippen LogP contribution in [0.15, 0.2) is 48.5 Å². The lowest BCUT2D eigenvalue weighted by Gasteiger charge is -2.09. The first-order valence-electron chi connectivity index (χ1n) is 7.92. The molecule has 0 aliphatic heterocycles. The molecule has 1 amide bonds.